The number of thiophene rings is 1. The molecular formula is C33H19Cl2FN2O4S2. The van der Waals surface area contributed by atoms with Crippen molar-refractivity contribution in [3.63, 3.8) is 0 Å². The van der Waals surface area contributed by atoms with Crippen molar-refractivity contribution in [3.8, 4) is 33.5 Å². The molecule has 0 N–H and O–H groups in total. The number of methoxy groups -OCH3 is 1. The van der Waals surface area contributed by atoms with Crippen molar-refractivity contribution < 1.29 is 22.3 Å². The molecule has 0 spiro atoms. The van der Waals surface area contributed by atoms with Crippen LogP contribution in [0.2, 0.25) is 10.0 Å². The smallest absolute Gasteiger partial charge is 0.337 e. The Morgan fingerprint density at radius 1 is 0.932 bits per heavy atom. The van der Waals surface area contributed by atoms with Crippen molar-refractivity contribution >= 4 is 66.4 Å². The van der Waals surface area contributed by atoms with Crippen molar-refractivity contribution in [2.45, 2.75) is 4.90 Å². The highest BCUT2D eigenvalue weighted by Gasteiger charge is 2.30. The average molecular weight is 662 g/mol. The summed E-state index contributed by atoms with van der Waals surface area (Å²) in [5, 5.41) is 3.05. The fourth-order valence-electron chi connectivity index (χ4n) is 5.14. The number of carbonyl (C=O) groups excluding carboxylic acids is 1. The van der Waals surface area contributed by atoms with E-state index in [1.165, 1.54) is 70.9 Å². The van der Waals surface area contributed by atoms with Gasteiger partial charge < -0.3 is 4.74 Å². The Labute approximate surface area is 266 Å². The van der Waals surface area contributed by atoms with Gasteiger partial charge >= 0.3 is 5.97 Å². The minimum absolute atomic E-state index is 0.0238. The largest absolute Gasteiger partial charge is 0.465 e. The molecular weight excluding hydrogens is 642 g/mol. The number of halogens is 3. The van der Waals surface area contributed by atoms with Gasteiger partial charge in [0.1, 0.15) is 5.82 Å². The van der Waals surface area contributed by atoms with Crippen LogP contribution in [0.5, 0.6) is 0 Å². The summed E-state index contributed by atoms with van der Waals surface area (Å²) in [6.07, 6.45) is 0. The van der Waals surface area contributed by atoms with E-state index in [0.717, 1.165) is 0 Å². The van der Waals surface area contributed by atoms with Crippen LogP contribution in [0.15, 0.2) is 101 Å². The molecule has 2 heterocycles. The van der Waals surface area contributed by atoms with Crippen LogP contribution >= 0.6 is 34.5 Å². The van der Waals surface area contributed by atoms with Gasteiger partial charge in [0.05, 0.1) is 35.4 Å². The Kier molecular flexibility index (Phi) is 7.78. The Morgan fingerprint density at radius 2 is 1.68 bits per heavy atom. The summed E-state index contributed by atoms with van der Waals surface area (Å²) >= 11 is 13.9. The van der Waals surface area contributed by atoms with E-state index in [4.69, 9.17) is 34.5 Å². The molecule has 4 aromatic carbocycles. The molecule has 218 valence electrons. The van der Waals surface area contributed by atoms with E-state index in [0.29, 0.717) is 43.2 Å². The van der Waals surface area contributed by atoms with Gasteiger partial charge in [-0.3, -0.25) is 0 Å². The minimum Gasteiger partial charge on any atom is -0.465 e. The SMILES string of the molecule is [C-]#[N+]c1sccc1-c1c(-c2cccc(-c3ccc(C(=O)OC)cc3Cl)c2)n(S(=O)(=O)c2ccc(Cl)cc2)c2ccc(F)cc12. The van der Waals surface area contributed by atoms with E-state index in [9.17, 15) is 17.6 Å². The lowest BCUT2D eigenvalue weighted by atomic mass is 9.96. The van der Waals surface area contributed by atoms with E-state index in [1.54, 1.807) is 47.8 Å². The third kappa shape index (κ3) is 5.06. The Balaban J connectivity index is 1.70. The molecule has 0 radical (unpaired) electrons. The number of benzene rings is 4. The number of aromatic nitrogens is 1. The van der Waals surface area contributed by atoms with Crippen molar-refractivity contribution in [3.05, 3.63) is 129 Å². The van der Waals surface area contributed by atoms with Crippen LogP contribution in [0, 0.1) is 12.4 Å². The monoisotopic (exact) mass is 660 g/mol. The summed E-state index contributed by atoms with van der Waals surface area (Å²) in [5.41, 5.74) is 3.33. The number of hydrogen-bond acceptors (Lipinski definition) is 5. The quantitative estimate of drug-likeness (QED) is 0.132. The summed E-state index contributed by atoms with van der Waals surface area (Å²) < 4.78 is 49.6. The number of carbonyl (C=O) groups is 1. The van der Waals surface area contributed by atoms with Crippen molar-refractivity contribution in [1.29, 1.82) is 0 Å². The van der Waals surface area contributed by atoms with Crippen LogP contribution in [0.3, 0.4) is 0 Å². The molecule has 0 saturated heterocycles. The first kappa shape index (κ1) is 29.6. The summed E-state index contributed by atoms with van der Waals surface area (Å²) in [6, 6.07) is 23.2. The highest BCUT2D eigenvalue weighted by Crippen LogP contribution is 2.48. The first-order chi connectivity index (χ1) is 21.1. The maximum Gasteiger partial charge on any atom is 0.337 e. The van der Waals surface area contributed by atoms with Crippen LogP contribution in [0.25, 0.3) is 49.3 Å². The number of rotatable bonds is 6. The normalized spacial score (nSPS) is 11.4. The van der Waals surface area contributed by atoms with Gasteiger partial charge in [-0.2, -0.15) is 11.3 Å². The number of hydrogen-bond donors (Lipinski definition) is 0. The van der Waals surface area contributed by atoms with Crippen molar-refractivity contribution in [2.24, 2.45) is 0 Å². The Hall–Kier alpha value is -4.46. The number of nitrogens with zero attached hydrogens (tertiary/aromatic N) is 2. The van der Waals surface area contributed by atoms with E-state index in [1.807, 2.05) is 0 Å². The van der Waals surface area contributed by atoms with Gasteiger partial charge in [0, 0.05) is 37.7 Å². The molecule has 6 aromatic rings. The second-order valence-electron chi connectivity index (χ2n) is 9.63. The topological polar surface area (TPSA) is 69.7 Å². The lowest BCUT2D eigenvalue weighted by Gasteiger charge is -2.15. The highest BCUT2D eigenvalue weighted by atomic mass is 35.5. The molecule has 2 aromatic heterocycles. The molecule has 0 bridgehead atoms. The summed E-state index contributed by atoms with van der Waals surface area (Å²) in [4.78, 5) is 15.7. The van der Waals surface area contributed by atoms with Gasteiger partial charge in [0.25, 0.3) is 10.0 Å². The molecule has 0 unspecified atom stereocenters. The van der Waals surface area contributed by atoms with Gasteiger partial charge in [-0.1, -0.05) is 53.5 Å². The van der Waals surface area contributed by atoms with Gasteiger partial charge in [-0.25, -0.2) is 26.4 Å². The second kappa shape index (κ2) is 11.6. The van der Waals surface area contributed by atoms with Crippen molar-refractivity contribution in [1.82, 2.24) is 3.97 Å². The van der Waals surface area contributed by atoms with E-state index < -0.39 is 21.8 Å². The van der Waals surface area contributed by atoms with Crippen LogP contribution in [0.4, 0.5) is 9.39 Å². The summed E-state index contributed by atoms with van der Waals surface area (Å²) in [6.45, 7) is 7.77. The van der Waals surface area contributed by atoms with Crippen LogP contribution in [-0.4, -0.2) is 25.5 Å². The molecule has 0 aliphatic heterocycles. The van der Waals surface area contributed by atoms with Crippen molar-refractivity contribution in [2.75, 3.05) is 7.11 Å². The van der Waals surface area contributed by atoms with E-state index in [-0.39, 0.29) is 26.7 Å². The third-order valence-electron chi connectivity index (χ3n) is 7.09. The lowest BCUT2D eigenvalue weighted by Crippen LogP contribution is -2.14. The summed E-state index contributed by atoms with van der Waals surface area (Å²) in [7, 11) is -3.00. The maximum absolute atomic E-state index is 14.8. The van der Waals surface area contributed by atoms with Crippen LogP contribution in [0.1, 0.15) is 10.4 Å². The summed E-state index contributed by atoms with van der Waals surface area (Å²) in [5.74, 6) is -1.09. The number of esters is 1. The molecule has 0 aliphatic carbocycles. The molecule has 0 saturated carbocycles. The Morgan fingerprint density at radius 3 is 2.39 bits per heavy atom. The average Bonchev–Trinajstić information content (AvgIpc) is 3.63. The first-order valence-electron chi connectivity index (χ1n) is 12.9. The highest BCUT2D eigenvalue weighted by molar-refractivity contribution is 7.90. The molecule has 11 heteroatoms. The zero-order valence-electron chi connectivity index (χ0n) is 22.7. The predicted molar refractivity (Wildman–Crippen MR) is 173 cm³/mol. The van der Waals surface area contributed by atoms with Gasteiger partial charge in [-0.15, -0.1) is 0 Å². The molecule has 6 nitrogen and oxygen atoms in total. The van der Waals surface area contributed by atoms with Gasteiger partial charge in [0.15, 0.2) is 0 Å². The molecule has 6 rings (SSSR count). The zero-order valence-corrected chi connectivity index (χ0v) is 25.9. The minimum atomic E-state index is -4.28. The molecule has 0 atom stereocenters. The first-order valence-corrected chi connectivity index (χ1v) is 16.0. The fraction of sp³-hybridized carbons (Fsp3) is 0.0303. The molecule has 0 amide bonds. The second-order valence-corrected chi connectivity index (χ2v) is 13.2. The van der Waals surface area contributed by atoms with Crippen LogP contribution in [-0.2, 0) is 14.8 Å². The standard InChI is InChI=1S/C33H19Cl2FN2O4S2/c1-37-32-26(14-15-43-32)30-27-18-23(36)9-13-29(27)38(44(40,41)24-10-7-22(34)8-11-24)31(30)20-5-3-4-19(16-20)25-12-6-21(17-28(25)35)33(39)42-2/h3-18H,2H3. The maximum atomic E-state index is 14.8. The van der Waals surface area contributed by atoms with Gasteiger partial charge in [0.2, 0.25) is 5.00 Å². The molecule has 0 aliphatic rings. The number of fused-ring (bicyclic) bond motifs is 1. The number of ether oxygens (including phenoxy) is 1. The lowest BCUT2D eigenvalue weighted by molar-refractivity contribution is 0.0600. The van der Waals surface area contributed by atoms with E-state index >= 15 is 0 Å². The molecule has 0 fully saturated rings. The Bertz CT molecular complexity index is 2250. The zero-order chi connectivity index (χ0) is 31.2. The van der Waals surface area contributed by atoms with E-state index in [2.05, 4.69) is 4.85 Å². The van der Waals surface area contributed by atoms with Gasteiger partial charge in [-0.05, 0) is 71.6 Å². The predicted octanol–water partition coefficient (Wildman–Crippen LogP) is 9.72. The van der Waals surface area contributed by atoms with Crippen LogP contribution < -0.4 is 0 Å². The fourth-order valence-corrected chi connectivity index (χ4v) is 7.78. The molecule has 44 heavy (non-hydrogen) atoms. The third-order valence-corrected chi connectivity index (χ3v) is 10.2.